The number of alkyl carbamates (subject to hydrolysis) is 1. The molecule has 1 aromatic rings. The molecule has 0 saturated heterocycles. The van der Waals surface area contributed by atoms with Crippen LogP contribution in [0, 0.1) is 17.2 Å². The number of rotatable bonds is 4. The number of benzene rings is 1. The minimum Gasteiger partial charge on any atom is -0.450 e. The van der Waals surface area contributed by atoms with Gasteiger partial charge in [0.2, 0.25) is 0 Å². The van der Waals surface area contributed by atoms with Crippen molar-refractivity contribution >= 4 is 23.9 Å². The molecule has 0 radical (unpaired) electrons. The van der Waals surface area contributed by atoms with E-state index in [-0.39, 0.29) is 6.61 Å². The van der Waals surface area contributed by atoms with Crippen LogP contribution >= 0.6 is 0 Å². The van der Waals surface area contributed by atoms with Gasteiger partial charge in [0, 0.05) is 6.21 Å². The van der Waals surface area contributed by atoms with Crippen LogP contribution in [0.3, 0.4) is 0 Å². The highest BCUT2D eigenvalue weighted by Gasteiger charge is 2.33. The number of carbonyl (C=O) groups excluding carboxylic acids is 2. The zero-order valence-corrected chi connectivity index (χ0v) is 11.9. The van der Waals surface area contributed by atoms with Crippen molar-refractivity contribution in [2.45, 2.75) is 13.1 Å². The Morgan fingerprint density at radius 3 is 2.65 bits per heavy atom. The monoisotopic (exact) mass is 327 g/mol. The maximum absolute atomic E-state index is 12.8. The summed E-state index contributed by atoms with van der Waals surface area (Å²) in [5, 5.41) is 10.6. The summed E-state index contributed by atoms with van der Waals surface area (Å²) in [5.74, 6) is -2.58. The van der Waals surface area contributed by atoms with Gasteiger partial charge in [-0.15, -0.1) is 0 Å². The summed E-state index contributed by atoms with van der Waals surface area (Å²) in [7, 11) is 0. The van der Waals surface area contributed by atoms with E-state index in [0.29, 0.717) is 0 Å². The van der Waals surface area contributed by atoms with E-state index in [1.165, 1.54) is 25.1 Å². The summed E-state index contributed by atoms with van der Waals surface area (Å²) < 4.78 is 42.8. The average Bonchev–Trinajstić information content (AvgIpc) is 2.47. The number of hydrogen-bond donors (Lipinski definition) is 1. The quantitative estimate of drug-likeness (QED) is 0.861. The first kappa shape index (κ1) is 18.2. The lowest BCUT2D eigenvalue weighted by atomic mass is 10.1. The second kappa shape index (κ2) is 7.93. The van der Waals surface area contributed by atoms with Gasteiger partial charge in [0.25, 0.3) is 5.91 Å². The Balaban J connectivity index is 2.92. The molecule has 0 fully saturated rings. The lowest BCUT2D eigenvalue weighted by molar-refractivity contribution is -0.137. The zero-order chi connectivity index (χ0) is 17.5. The Hall–Kier alpha value is -2.89. The maximum Gasteiger partial charge on any atom is 0.418 e. The fourth-order valence-electron chi connectivity index (χ4n) is 1.49. The summed E-state index contributed by atoms with van der Waals surface area (Å²) in [4.78, 5) is 26.2. The van der Waals surface area contributed by atoms with Crippen molar-refractivity contribution in [3.05, 3.63) is 29.8 Å². The normalized spacial score (nSPS) is 12.5. The van der Waals surface area contributed by atoms with Gasteiger partial charge >= 0.3 is 12.3 Å². The van der Waals surface area contributed by atoms with Crippen LogP contribution in [0.2, 0.25) is 0 Å². The van der Waals surface area contributed by atoms with Gasteiger partial charge in [-0.25, -0.2) is 4.79 Å². The summed E-state index contributed by atoms with van der Waals surface area (Å²) in [6, 6.07) is 5.97. The van der Waals surface area contributed by atoms with Crippen LogP contribution < -0.4 is 5.32 Å². The molecule has 0 aliphatic carbocycles. The fourth-order valence-corrected chi connectivity index (χ4v) is 1.49. The van der Waals surface area contributed by atoms with Crippen LogP contribution in [0.15, 0.2) is 29.3 Å². The van der Waals surface area contributed by atoms with Gasteiger partial charge < -0.3 is 4.74 Å². The third kappa shape index (κ3) is 5.43. The molecule has 0 bridgehead atoms. The summed E-state index contributed by atoms with van der Waals surface area (Å²) in [6.45, 7) is 1.53. The molecule has 1 unspecified atom stereocenters. The number of aliphatic imine (C=N–C) groups is 1. The molecule has 1 aromatic carbocycles. The van der Waals surface area contributed by atoms with Gasteiger partial charge in [-0.3, -0.25) is 15.1 Å². The van der Waals surface area contributed by atoms with Gasteiger partial charge in [0.1, 0.15) is 0 Å². The van der Waals surface area contributed by atoms with Crippen LogP contribution in [0.4, 0.5) is 23.7 Å². The second-order valence-corrected chi connectivity index (χ2v) is 4.11. The third-order valence-corrected chi connectivity index (χ3v) is 2.49. The highest BCUT2D eigenvalue weighted by molar-refractivity contribution is 6.03. The van der Waals surface area contributed by atoms with Crippen LogP contribution in [0.5, 0.6) is 0 Å². The van der Waals surface area contributed by atoms with Crippen molar-refractivity contribution in [2.75, 3.05) is 6.61 Å². The lowest BCUT2D eigenvalue weighted by Crippen LogP contribution is -2.36. The molecule has 0 spiro atoms. The predicted octanol–water partition coefficient (Wildman–Crippen LogP) is 2.82. The lowest BCUT2D eigenvalue weighted by Gasteiger charge is -2.09. The first-order chi connectivity index (χ1) is 10.8. The molecule has 0 aliphatic rings. The Kier molecular flexibility index (Phi) is 6.26. The number of imide groups is 1. The molecule has 2 amide bonds. The van der Waals surface area contributed by atoms with Gasteiger partial charge in [-0.1, -0.05) is 12.1 Å². The van der Waals surface area contributed by atoms with E-state index in [1.807, 2.05) is 0 Å². The fraction of sp³-hybridized carbons (Fsp3) is 0.286. The Bertz CT molecular complexity index is 651. The summed E-state index contributed by atoms with van der Waals surface area (Å²) in [5.41, 5.74) is -1.44. The Morgan fingerprint density at radius 1 is 1.43 bits per heavy atom. The largest absolute Gasteiger partial charge is 0.450 e. The molecule has 6 nitrogen and oxygen atoms in total. The van der Waals surface area contributed by atoms with Crippen molar-refractivity contribution in [3.8, 4) is 6.07 Å². The first-order valence-corrected chi connectivity index (χ1v) is 6.37. The van der Waals surface area contributed by atoms with Gasteiger partial charge in [0.15, 0.2) is 5.92 Å². The second-order valence-electron chi connectivity index (χ2n) is 4.11. The molecule has 0 aliphatic heterocycles. The van der Waals surface area contributed by atoms with Crippen LogP contribution in [0.1, 0.15) is 12.5 Å². The molecule has 1 atom stereocenters. The third-order valence-electron chi connectivity index (χ3n) is 2.49. The Morgan fingerprint density at radius 2 is 2.09 bits per heavy atom. The first-order valence-electron chi connectivity index (χ1n) is 6.37. The molecule has 23 heavy (non-hydrogen) atoms. The Labute approximate surface area is 129 Å². The minimum absolute atomic E-state index is 0.0172. The van der Waals surface area contributed by atoms with Crippen LogP contribution in [0.25, 0.3) is 0 Å². The number of para-hydroxylation sites is 1. The zero-order valence-electron chi connectivity index (χ0n) is 11.9. The van der Waals surface area contributed by atoms with E-state index in [4.69, 9.17) is 5.26 Å². The topological polar surface area (TPSA) is 91.5 Å². The van der Waals surface area contributed by atoms with E-state index < -0.39 is 35.3 Å². The van der Waals surface area contributed by atoms with E-state index in [1.54, 1.807) is 5.32 Å². The van der Waals surface area contributed by atoms with Crippen molar-refractivity contribution < 1.29 is 27.5 Å². The molecule has 0 heterocycles. The van der Waals surface area contributed by atoms with Crippen molar-refractivity contribution in [3.63, 3.8) is 0 Å². The molecule has 122 valence electrons. The van der Waals surface area contributed by atoms with Crippen molar-refractivity contribution in [1.82, 2.24) is 5.32 Å². The van der Waals surface area contributed by atoms with Crippen molar-refractivity contribution in [2.24, 2.45) is 10.9 Å². The summed E-state index contributed by atoms with van der Waals surface area (Å²) >= 11 is 0. The van der Waals surface area contributed by atoms with E-state index in [9.17, 15) is 22.8 Å². The number of halogens is 3. The van der Waals surface area contributed by atoms with Gasteiger partial charge in [-0.05, 0) is 19.1 Å². The van der Waals surface area contributed by atoms with Gasteiger partial charge in [0.05, 0.1) is 23.9 Å². The standard InChI is InChI=1S/C14H12F3N3O3/c1-2-23-13(22)20-12(21)9(7-18)8-19-11-6-4-3-5-10(11)14(15,16)17/h3-6,8-9H,2H2,1H3,(H,20,21,22). The molecule has 1 rings (SSSR count). The van der Waals surface area contributed by atoms with E-state index >= 15 is 0 Å². The average molecular weight is 327 g/mol. The van der Waals surface area contributed by atoms with Crippen LogP contribution in [-0.2, 0) is 15.7 Å². The predicted molar refractivity (Wildman–Crippen MR) is 73.9 cm³/mol. The maximum atomic E-state index is 12.8. The van der Waals surface area contributed by atoms with E-state index in [2.05, 4.69) is 9.73 Å². The van der Waals surface area contributed by atoms with Crippen LogP contribution in [-0.4, -0.2) is 24.8 Å². The highest BCUT2D eigenvalue weighted by atomic mass is 19.4. The highest BCUT2D eigenvalue weighted by Crippen LogP contribution is 2.35. The molecule has 0 aromatic heterocycles. The SMILES string of the molecule is CCOC(=O)NC(=O)C(C#N)C=Nc1ccccc1C(F)(F)F. The number of nitrogens with zero attached hydrogens (tertiary/aromatic N) is 2. The number of alkyl halides is 3. The number of nitrogens with one attached hydrogen (secondary N) is 1. The summed E-state index contributed by atoms with van der Waals surface area (Å²) in [6.07, 6.45) is -4.94. The number of amides is 2. The number of carbonyl (C=O) groups is 2. The minimum atomic E-state index is -4.62. The molecule has 0 saturated carbocycles. The molecule has 1 N–H and O–H groups in total. The van der Waals surface area contributed by atoms with Crippen molar-refractivity contribution in [1.29, 1.82) is 5.26 Å². The number of nitriles is 1. The number of ether oxygens (including phenoxy) is 1. The number of hydrogen-bond acceptors (Lipinski definition) is 5. The smallest absolute Gasteiger partial charge is 0.418 e. The molecular weight excluding hydrogens is 315 g/mol. The van der Waals surface area contributed by atoms with E-state index in [0.717, 1.165) is 18.3 Å². The molecular formula is C14H12F3N3O3. The molecule has 9 heteroatoms. The van der Waals surface area contributed by atoms with Gasteiger partial charge in [-0.2, -0.15) is 18.4 Å².